The van der Waals surface area contributed by atoms with Crippen LogP contribution < -0.4 is 10.6 Å². The highest BCUT2D eigenvalue weighted by atomic mass is 16.5. The summed E-state index contributed by atoms with van der Waals surface area (Å²) in [4.78, 5) is 33.3. The molecule has 8 heteroatoms. The maximum atomic E-state index is 11.6. The Morgan fingerprint density at radius 3 is 2.70 bits per heavy atom. The van der Waals surface area contributed by atoms with Gasteiger partial charge in [-0.2, -0.15) is 0 Å². The maximum Gasteiger partial charge on any atom is 0.355 e. The molecule has 0 aliphatic carbocycles. The quantitative estimate of drug-likeness (QED) is 0.669. The van der Waals surface area contributed by atoms with Crippen LogP contribution >= 0.6 is 0 Å². The van der Waals surface area contributed by atoms with Crippen LogP contribution in [0.4, 0.5) is 10.5 Å². The number of carboxylic acid groups (broad SMARTS) is 1. The molecular weight excluding hydrogens is 266 g/mol. The third kappa shape index (κ3) is 4.63. The minimum absolute atomic E-state index is 0.0265. The number of aromatic nitrogens is 1. The van der Waals surface area contributed by atoms with Crippen molar-refractivity contribution in [3.8, 4) is 0 Å². The molecule has 0 fully saturated rings. The SMILES string of the molecule is CCOC(=O)c1cc(NC(=O)NCCC(=O)O)cn1C. The molecular formula is C12H17N3O5. The van der Waals surface area contributed by atoms with Crippen LogP contribution in [0.3, 0.4) is 0 Å². The van der Waals surface area contributed by atoms with Crippen molar-refractivity contribution in [2.75, 3.05) is 18.5 Å². The Morgan fingerprint density at radius 1 is 1.40 bits per heavy atom. The molecule has 0 aromatic carbocycles. The van der Waals surface area contributed by atoms with Crippen molar-refractivity contribution in [3.63, 3.8) is 0 Å². The van der Waals surface area contributed by atoms with Gasteiger partial charge in [0.15, 0.2) is 0 Å². The number of nitrogens with one attached hydrogen (secondary N) is 2. The molecule has 3 N–H and O–H groups in total. The van der Waals surface area contributed by atoms with Gasteiger partial charge in [0.25, 0.3) is 0 Å². The normalized spacial score (nSPS) is 9.90. The monoisotopic (exact) mass is 283 g/mol. The van der Waals surface area contributed by atoms with E-state index in [0.29, 0.717) is 11.4 Å². The van der Waals surface area contributed by atoms with Crippen LogP contribution in [0.15, 0.2) is 12.3 Å². The first kappa shape index (κ1) is 15.5. The van der Waals surface area contributed by atoms with Crippen molar-refractivity contribution in [2.45, 2.75) is 13.3 Å². The number of aryl methyl sites for hydroxylation is 1. The lowest BCUT2D eigenvalue weighted by atomic mass is 10.4. The summed E-state index contributed by atoms with van der Waals surface area (Å²) in [5.41, 5.74) is 0.732. The molecule has 20 heavy (non-hydrogen) atoms. The van der Waals surface area contributed by atoms with E-state index in [1.54, 1.807) is 20.2 Å². The number of anilines is 1. The Kier molecular flexibility index (Phi) is 5.57. The van der Waals surface area contributed by atoms with Crippen molar-refractivity contribution >= 4 is 23.7 Å². The van der Waals surface area contributed by atoms with Crippen LogP contribution in [0.2, 0.25) is 0 Å². The first-order valence-corrected chi connectivity index (χ1v) is 6.04. The first-order valence-electron chi connectivity index (χ1n) is 6.04. The summed E-state index contributed by atoms with van der Waals surface area (Å²) in [5, 5.41) is 13.3. The number of carbonyl (C=O) groups is 3. The number of carboxylic acids is 1. The molecule has 0 unspecified atom stereocenters. The van der Waals surface area contributed by atoms with Gasteiger partial charge in [0.2, 0.25) is 0 Å². The molecule has 0 spiro atoms. The fraction of sp³-hybridized carbons (Fsp3) is 0.417. The highest BCUT2D eigenvalue weighted by Crippen LogP contribution is 2.13. The van der Waals surface area contributed by atoms with Crippen molar-refractivity contribution in [3.05, 3.63) is 18.0 Å². The van der Waals surface area contributed by atoms with Crippen molar-refractivity contribution < 1.29 is 24.2 Å². The summed E-state index contributed by atoms with van der Waals surface area (Å²) >= 11 is 0. The number of hydrogen-bond donors (Lipinski definition) is 3. The zero-order valence-corrected chi connectivity index (χ0v) is 11.3. The molecule has 1 heterocycles. The summed E-state index contributed by atoms with van der Waals surface area (Å²) in [6.07, 6.45) is 1.40. The summed E-state index contributed by atoms with van der Waals surface area (Å²) in [6, 6.07) is 0.946. The molecule has 110 valence electrons. The minimum atomic E-state index is -0.991. The number of ether oxygens (including phenoxy) is 1. The van der Waals surface area contributed by atoms with Crippen LogP contribution in [-0.4, -0.2) is 40.8 Å². The van der Waals surface area contributed by atoms with Gasteiger partial charge >= 0.3 is 18.0 Å². The predicted molar refractivity (Wildman–Crippen MR) is 70.6 cm³/mol. The molecule has 0 aliphatic rings. The highest BCUT2D eigenvalue weighted by Gasteiger charge is 2.13. The number of esters is 1. The highest BCUT2D eigenvalue weighted by molar-refractivity contribution is 5.93. The lowest BCUT2D eigenvalue weighted by molar-refractivity contribution is -0.136. The number of rotatable bonds is 6. The van der Waals surface area contributed by atoms with Gasteiger partial charge in [0.1, 0.15) is 5.69 Å². The number of urea groups is 1. The molecule has 1 aromatic rings. The van der Waals surface area contributed by atoms with Gasteiger partial charge in [-0.25, -0.2) is 9.59 Å². The summed E-state index contributed by atoms with van der Waals surface area (Å²) in [5.74, 6) is -1.47. The maximum absolute atomic E-state index is 11.6. The third-order valence-electron chi connectivity index (χ3n) is 2.37. The third-order valence-corrected chi connectivity index (χ3v) is 2.37. The van der Waals surface area contributed by atoms with Crippen molar-refractivity contribution in [1.82, 2.24) is 9.88 Å². The fourth-order valence-electron chi connectivity index (χ4n) is 1.50. The zero-order valence-electron chi connectivity index (χ0n) is 11.3. The smallest absolute Gasteiger partial charge is 0.355 e. The van der Waals surface area contributed by atoms with Crippen LogP contribution in [0.25, 0.3) is 0 Å². The van der Waals surface area contributed by atoms with Gasteiger partial charge in [0, 0.05) is 19.8 Å². The van der Waals surface area contributed by atoms with E-state index in [9.17, 15) is 14.4 Å². The Bertz CT molecular complexity index is 509. The second-order valence-corrected chi connectivity index (χ2v) is 3.97. The number of nitrogens with zero attached hydrogens (tertiary/aromatic N) is 1. The van der Waals surface area contributed by atoms with Gasteiger partial charge in [-0.15, -0.1) is 0 Å². The summed E-state index contributed by atoms with van der Waals surface area (Å²) in [6.45, 7) is 2.00. The molecule has 0 aliphatic heterocycles. The molecule has 1 aromatic heterocycles. The molecule has 0 atom stereocenters. The van der Waals surface area contributed by atoms with Crippen LogP contribution in [0, 0.1) is 0 Å². The molecule has 0 radical (unpaired) electrons. The van der Waals surface area contributed by atoms with E-state index >= 15 is 0 Å². The average molecular weight is 283 g/mol. The fourth-order valence-corrected chi connectivity index (χ4v) is 1.50. The van der Waals surface area contributed by atoms with Gasteiger partial charge in [-0.3, -0.25) is 4.79 Å². The summed E-state index contributed by atoms with van der Waals surface area (Å²) < 4.78 is 6.40. The van der Waals surface area contributed by atoms with Crippen molar-refractivity contribution in [1.29, 1.82) is 0 Å². The second-order valence-electron chi connectivity index (χ2n) is 3.97. The van der Waals surface area contributed by atoms with Gasteiger partial charge in [0.05, 0.1) is 18.7 Å². The van der Waals surface area contributed by atoms with Gasteiger partial charge < -0.3 is 25.0 Å². The first-order chi connectivity index (χ1) is 9.43. The van der Waals surface area contributed by atoms with E-state index < -0.39 is 18.0 Å². The van der Waals surface area contributed by atoms with E-state index in [0.717, 1.165) is 0 Å². The molecule has 2 amide bonds. The average Bonchev–Trinajstić information content (AvgIpc) is 2.70. The lowest BCUT2D eigenvalue weighted by Gasteiger charge is -2.03. The van der Waals surface area contributed by atoms with E-state index in [-0.39, 0.29) is 19.6 Å². The van der Waals surface area contributed by atoms with E-state index in [1.807, 2.05) is 0 Å². The van der Waals surface area contributed by atoms with Crippen LogP contribution in [-0.2, 0) is 16.6 Å². The molecule has 8 nitrogen and oxygen atoms in total. The largest absolute Gasteiger partial charge is 0.481 e. The predicted octanol–water partition coefficient (Wildman–Crippen LogP) is 0.798. The van der Waals surface area contributed by atoms with Gasteiger partial charge in [-0.05, 0) is 13.0 Å². The van der Waals surface area contributed by atoms with E-state index in [4.69, 9.17) is 9.84 Å². The number of aliphatic carboxylic acids is 1. The second kappa shape index (κ2) is 7.17. The Labute approximate surface area is 115 Å². The number of carbonyl (C=O) groups excluding carboxylic acids is 2. The number of hydrogen-bond acceptors (Lipinski definition) is 4. The molecule has 0 saturated carbocycles. The van der Waals surface area contributed by atoms with Gasteiger partial charge in [-0.1, -0.05) is 0 Å². The van der Waals surface area contributed by atoms with E-state index in [2.05, 4.69) is 10.6 Å². The number of amides is 2. The Hall–Kier alpha value is -2.51. The standard InChI is InChI=1S/C12H17N3O5/c1-3-20-11(18)9-6-8(7-15(9)2)14-12(19)13-5-4-10(16)17/h6-7H,3-5H2,1-2H3,(H,16,17)(H2,13,14,19). The molecule has 0 bridgehead atoms. The Morgan fingerprint density at radius 2 is 2.10 bits per heavy atom. The lowest BCUT2D eigenvalue weighted by Crippen LogP contribution is -2.30. The summed E-state index contributed by atoms with van der Waals surface area (Å²) in [7, 11) is 1.65. The van der Waals surface area contributed by atoms with E-state index in [1.165, 1.54) is 10.6 Å². The topological polar surface area (TPSA) is 110 Å². The molecule has 0 saturated heterocycles. The zero-order chi connectivity index (χ0) is 15.1. The Balaban J connectivity index is 2.56. The van der Waals surface area contributed by atoms with Crippen LogP contribution in [0.1, 0.15) is 23.8 Å². The van der Waals surface area contributed by atoms with Crippen LogP contribution in [0.5, 0.6) is 0 Å². The van der Waals surface area contributed by atoms with Crippen molar-refractivity contribution in [2.24, 2.45) is 7.05 Å². The molecule has 1 rings (SSSR count). The minimum Gasteiger partial charge on any atom is -0.481 e.